The van der Waals surface area contributed by atoms with Gasteiger partial charge in [0.05, 0.1) is 0 Å². The van der Waals surface area contributed by atoms with Crippen molar-refractivity contribution >= 4 is 16.3 Å². The van der Waals surface area contributed by atoms with Crippen LogP contribution < -0.4 is 0 Å². The summed E-state index contributed by atoms with van der Waals surface area (Å²) in [6, 6.07) is 10.0. The SMILES string of the molecule is CN(C)C1CC[C@H]2[C@@H](CC[C@@H]3[C@@H]2CC[C@]2(C)C(c4ccc5ccncc5c4)=CC[C@@H]32)C1. The first-order valence-corrected chi connectivity index (χ1v) is 12.8. The highest BCUT2D eigenvalue weighted by Crippen LogP contribution is 2.64. The number of aromatic nitrogens is 1. The van der Waals surface area contributed by atoms with E-state index in [1.807, 2.05) is 12.4 Å². The Kier molecular flexibility index (Phi) is 4.79. The van der Waals surface area contributed by atoms with E-state index in [0.717, 1.165) is 35.6 Å². The van der Waals surface area contributed by atoms with Gasteiger partial charge in [0.15, 0.2) is 0 Å². The van der Waals surface area contributed by atoms with Crippen LogP contribution in [0.2, 0.25) is 0 Å². The molecule has 1 aromatic heterocycles. The standard InChI is InChI=1S/C29H38N2/c1-29-14-12-25-24-9-7-23(31(2)3)17-20(24)6-8-26(25)28(29)11-10-27(29)21-5-4-19-13-15-30-18-22(19)16-21/h4-5,10,13,15-16,18,20,23-26,28H,6-9,11-12,14,17H2,1-3H3/t20-,23?,24-,25+,26+,28-,29+/m0/s1. The molecule has 164 valence electrons. The van der Waals surface area contributed by atoms with Gasteiger partial charge in [-0.15, -0.1) is 0 Å². The Balaban J connectivity index is 1.25. The number of hydrogen-bond acceptors (Lipinski definition) is 2. The molecule has 6 rings (SSSR count). The lowest BCUT2D eigenvalue weighted by atomic mass is 9.49. The van der Waals surface area contributed by atoms with Crippen LogP contribution in [0.15, 0.2) is 42.7 Å². The highest BCUT2D eigenvalue weighted by molar-refractivity contribution is 5.86. The van der Waals surface area contributed by atoms with Gasteiger partial charge in [0.25, 0.3) is 0 Å². The number of allylic oxidation sites excluding steroid dienone is 2. The Bertz CT molecular complexity index is 1010. The number of benzene rings is 1. The second kappa shape index (κ2) is 7.44. The van der Waals surface area contributed by atoms with E-state index < -0.39 is 0 Å². The monoisotopic (exact) mass is 414 g/mol. The highest BCUT2D eigenvalue weighted by Gasteiger charge is 2.54. The molecule has 31 heavy (non-hydrogen) atoms. The molecule has 4 aliphatic carbocycles. The lowest BCUT2D eigenvalue weighted by Gasteiger charge is -2.56. The van der Waals surface area contributed by atoms with Crippen LogP contribution in [0, 0.1) is 35.0 Å². The van der Waals surface area contributed by atoms with Gasteiger partial charge >= 0.3 is 0 Å². The predicted octanol–water partition coefficient (Wildman–Crippen LogP) is 6.81. The summed E-state index contributed by atoms with van der Waals surface area (Å²) in [5, 5.41) is 2.58. The van der Waals surface area contributed by atoms with Crippen LogP contribution >= 0.6 is 0 Å². The summed E-state index contributed by atoms with van der Waals surface area (Å²) in [5.74, 6) is 4.81. The molecule has 0 aliphatic heterocycles. The summed E-state index contributed by atoms with van der Waals surface area (Å²) >= 11 is 0. The molecule has 0 amide bonds. The maximum atomic E-state index is 4.37. The quantitative estimate of drug-likeness (QED) is 0.536. The summed E-state index contributed by atoms with van der Waals surface area (Å²) in [5.41, 5.74) is 3.45. The molecule has 0 bridgehead atoms. The van der Waals surface area contributed by atoms with Gasteiger partial charge in [-0.2, -0.15) is 0 Å². The van der Waals surface area contributed by atoms with Crippen molar-refractivity contribution < 1.29 is 0 Å². The van der Waals surface area contributed by atoms with Gasteiger partial charge in [-0.3, -0.25) is 4.98 Å². The molecular formula is C29H38N2. The summed E-state index contributed by atoms with van der Waals surface area (Å²) in [6.07, 6.45) is 18.0. The molecule has 1 heterocycles. The molecule has 0 spiro atoms. The Hall–Kier alpha value is -1.67. The van der Waals surface area contributed by atoms with Crippen LogP contribution in [0.5, 0.6) is 0 Å². The van der Waals surface area contributed by atoms with E-state index >= 15 is 0 Å². The van der Waals surface area contributed by atoms with Crippen molar-refractivity contribution in [3.8, 4) is 0 Å². The van der Waals surface area contributed by atoms with Crippen LogP contribution in [-0.2, 0) is 0 Å². The first-order valence-electron chi connectivity index (χ1n) is 12.8. The molecule has 1 unspecified atom stereocenters. The average molecular weight is 415 g/mol. The zero-order valence-corrected chi connectivity index (χ0v) is 19.6. The lowest BCUT2D eigenvalue weighted by Crippen LogP contribution is -2.49. The number of pyridine rings is 1. The van der Waals surface area contributed by atoms with E-state index in [-0.39, 0.29) is 0 Å². The molecule has 0 radical (unpaired) electrons. The average Bonchev–Trinajstić information content (AvgIpc) is 3.15. The molecule has 7 atom stereocenters. The van der Waals surface area contributed by atoms with E-state index in [9.17, 15) is 0 Å². The third-order valence-corrected chi connectivity index (χ3v) is 10.2. The zero-order valence-electron chi connectivity index (χ0n) is 19.6. The smallest absolute Gasteiger partial charge is 0.0346 e. The van der Waals surface area contributed by atoms with Crippen molar-refractivity contribution in [3.05, 3.63) is 48.3 Å². The molecular weight excluding hydrogens is 376 g/mol. The van der Waals surface area contributed by atoms with Crippen molar-refractivity contribution in [2.45, 2.75) is 64.3 Å². The van der Waals surface area contributed by atoms with Gasteiger partial charge in [-0.05, 0) is 129 Å². The van der Waals surface area contributed by atoms with Gasteiger partial charge in [-0.1, -0.05) is 25.1 Å². The molecule has 2 aromatic rings. The molecule has 3 fully saturated rings. The van der Waals surface area contributed by atoms with E-state index in [1.54, 1.807) is 5.57 Å². The normalized spacial score (nSPS) is 39.7. The lowest BCUT2D eigenvalue weighted by molar-refractivity contribution is -0.0482. The van der Waals surface area contributed by atoms with Crippen molar-refractivity contribution in [2.75, 3.05) is 14.1 Å². The van der Waals surface area contributed by atoms with E-state index in [1.165, 1.54) is 67.7 Å². The van der Waals surface area contributed by atoms with Crippen molar-refractivity contribution in [3.63, 3.8) is 0 Å². The molecule has 0 saturated heterocycles. The number of rotatable bonds is 2. The van der Waals surface area contributed by atoms with E-state index in [0.29, 0.717) is 5.41 Å². The third kappa shape index (κ3) is 3.12. The second-order valence-electron chi connectivity index (χ2n) is 11.6. The van der Waals surface area contributed by atoms with Gasteiger partial charge in [0.1, 0.15) is 0 Å². The molecule has 3 saturated carbocycles. The van der Waals surface area contributed by atoms with Crippen molar-refractivity contribution in [2.24, 2.45) is 35.0 Å². The molecule has 4 aliphatic rings. The Morgan fingerprint density at radius 2 is 1.81 bits per heavy atom. The Morgan fingerprint density at radius 1 is 0.935 bits per heavy atom. The van der Waals surface area contributed by atoms with Crippen LogP contribution in [-0.4, -0.2) is 30.0 Å². The Labute approximate surface area is 188 Å². The third-order valence-electron chi connectivity index (χ3n) is 10.2. The van der Waals surface area contributed by atoms with Gasteiger partial charge < -0.3 is 4.90 Å². The predicted molar refractivity (Wildman–Crippen MR) is 130 cm³/mol. The summed E-state index contributed by atoms with van der Waals surface area (Å²) < 4.78 is 0. The van der Waals surface area contributed by atoms with E-state index in [4.69, 9.17) is 0 Å². The topological polar surface area (TPSA) is 16.1 Å². The van der Waals surface area contributed by atoms with Crippen molar-refractivity contribution in [1.82, 2.24) is 9.88 Å². The number of fused-ring (bicyclic) bond motifs is 6. The first-order chi connectivity index (χ1) is 15.0. The van der Waals surface area contributed by atoms with Crippen LogP contribution in [0.4, 0.5) is 0 Å². The van der Waals surface area contributed by atoms with E-state index in [2.05, 4.69) is 61.2 Å². The van der Waals surface area contributed by atoms with Crippen LogP contribution in [0.3, 0.4) is 0 Å². The minimum atomic E-state index is 0.366. The maximum absolute atomic E-state index is 4.37. The number of hydrogen-bond donors (Lipinski definition) is 0. The fourth-order valence-electron chi connectivity index (χ4n) is 8.56. The van der Waals surface area contributed by atoms with Crippen LogP contribution in [0.1, 0.15) is 63.9 Å². The minimum Gasteiger partial charge on any atom is -0.306 e. The first kappa shape index (κ1) is 20.0. The maximum Gasteiger partial charge on any atom is 0.0346 e. The summed E-state index contributed by atoms with van der Waals surface area (Å²) in [6.45, 7) is 2.61. The Morgan fingerprint density at radius 3 is 2.68 bits per heavy atom. The molecule has 1 aromatic carbocycles. The van der Waals surface area contributed by atoms with Gasteiger partial charge in [0, 0.05) is 23.8 Å². The van der Waals surface area contributed by atoms with Gasteiger partial charge in [-0.25, -0.2) is 0 Å². The van der Waals surface area contributed by atoms with Gasteiger partial charge in [0.2, 0.25) is 0 Å². The largest absolute Gasteiger partial charge is 0.306 e. The van der Waals surface area contributed by atoms with Crippen LogP contribution in [0.25, 0.3) is 16.3 Å². The summed E-state index contributed by atoms with van der Waals surface area (Å²) in [7, 11) is 4.58. The fraction of sp³-hybridized carbons (Fsp3) is 0.621. The fourth-order valence-corrected chi connectivity index (χ4v) is 8.56. The minimum absolute atomic E-state index is 0.366. The molecule has 2 nitrogen and oxygen atoms in total. The summed E-state index contributed by atoms with van der Waals surface area (Å²) in [4.78, 5) is 6.86. The molecule has 0 N–H and O–H groups in total. The number of nitrogens with zero attached hydrogens (tertiary/aromatic N) is 2. The zero-order chi connectivity index (χ0) is 21.2. The second-order valence-corrected chi connectivity index (χ2v) is 11.6. The van der Waals surface area contributed by atoms with Crippen molar-refractivity contribution in [1.29, 1.82) is 0 Å². The molecule has 2 heteroatoms. The highest BCUT2D eigenvalue weighted by atomic mass is 15.1.